The van der Waals surface area contributed by atoms with Gasteiger partial charge in [0.25, 0.3) is 0 Å². The van der Waals surface area contributed by atoms with Crippen molar-refractivity contribution < 1.29 is 27.8 Å². The Morgan fingerprint density at radius 1 is 0.915 bits per heavy atom. The Labute approximate surface area is 266 Å². The molecule has 1 aliphatic heterocycles. The predicted molar refractivity (Wildman–Crippen MR) is 166 cm³/mol. The summed E-state index contributed by atoms with van der Waals surface area (Å²) in [4.78, 5) is 34.3. The fourth-order valence-electron chi connectivity index (χ4n) is 5.45. The molecule has 4 aromatic carbocycles. The third-order valence-corrected chi connectivity index (χ3v) is 7.80. The molecule has 2 aromatic heterocycles. The topological polar surface area (TPSA) is 127 Å². The highest BCUT2D eigenvalue weighted by Gasteiger charge is 2.34. The minimum absolute atomic E-state index is 0.0170. The van der Waals surface area contributed by atoms with Crippen LogP contribution in [-0.2, 0) is 29.2 Å². The smallest absolute Gasteiger partial charge is 0.247 e. The predicted octanol–water partition coefficient (Wildman–Crippen LogP) is 4.91. The Bertz CT molecular complexity index is 2060. The summed E-state index contributed by atoms with van der Waals surface area (Å²) in [5, 5.41) is 16.1. The van der Waals surface area contributed by atoms with Crippen LogP contribution in [0.25, 0.3) is 22.3 Å². The molecule has 1 unspecified atom stereocenters. The molecule has 1 aliphatic rings. The second-order valence-corrected chi connectivity index (χ2v) is 10.9. The largest absolute Gasteiger partial charge is 0.454 e. The third kappa shape index (κ3) is 6.36. The van der Waals surface area contributed by atoms with Gasteiger partial charge in [-0.05, 0) is 70.9 Å². The second kappa shape index (κ2) is 12.7. The second-order valence-electron chi connectivity index (χ2n) is 10.9. The van der Waals surface area contributed by atoms with Crippen molar-refractivity contribution in [3.63, 3.8) is 0 Å². The van der Waals surface area contributed by atoms with Crippen LogP contribution in [0.4, 0.5) is 8.78 Å². The number of tetrazole rings is 1. The number of fused-ring (bicyclic) bond motifs is 2. The van der Waals surface area contributed by atoms with Gasteiger partial charge in [0.2, 0.25) is 24.4 Å². The molecule has 0 radical (unpaired) electrons. The Morgan fingerprint density at radius 3 is 2.45 bits per heavy atom. The SMILES string of the molecule is O=C(NCc1ccc(F)cc1)C(c1c[nH]c2ccccc12)N(Cc1ccc2c(c1)OCO2)C(=O)Cn1nnc(-c2ccc(F)cc2)n1. The van der Waals surface area contributed by atoms with Gasteiger partial charge in [0, 0.05) is 41.3 Å². The number of rotatable bonds is 10. The molecule has 47 heavy (non-hydrogen) atoms. The first kappa shape index (κ1) is 29.6. The lowest BCUT2D eigenvalue weighted by Crippen LogP contribution is -2.44. The van der Waals surface area contributed by atoms with Gasteiger partial charge in [-0.1, -0.05) is 36.4 Å². The van der Waals surface area contributed by atoms with Crippen LogP contribution in [0.1, 0.15) is 22.7 Å². The normalized spacial score (nSPS) is 12.6. The average Bonchev–Trinajstić information content (AvgIpc) is 3.85. The van der Waals surface area contributed by atoms with E-state index in [2.05, 4.69) is 25.7 Å². The highest BCUT2D eigenvalue weighted by atomic mass is 19.1. The van der Waals surface area contributed by atoms with Gasteiger partial charge in [-0.3, -0.25) is 9.59 Å². The van der Waals surface area contributed by atoms with Crippen LogP contribution < -0.4 is 14.8 Å². The molecule has 2 N–H and O–H groups in total. The summed E-state index contributed by atoms with van der Waals surface area (Å²) >= 11 is 0. The summed E-state index contributed by atoms with van der Waals surface area (Å²) in [5.41, 5.74) is 3.27. The molecule has 0 saturated carbocycles. The minimum Gasteiger partial charge on any atom is -0.454 e. The number of halogens is 2. The maximum Gasteiger partial charge on any atom is 0.247 e. The molecule has 0 aliphatic carbocycles. The van der Waals surface area contributed by atoms with Crippen LogP contribution in [0.5, 0.6) is 11.5 Å². The van der Waals surface area contributed by atoms with Crippen molar-refractivity contribution in [3.8, 4) is 22.9 Å². The summed E-state index contributed by atoms with van der Waals surface area (Å²) in [6.45, 7) is -0.138. The summed E-state index contributed by atoms with van der Waals surface area (Å²) in [6, 6.07) is 23.1. The van der Waals surface area contributed by atoms with E-state index < -0.39 is 23.7 Å². The van der Waals surface area contributed by atoms with E-state index in [1.807, 2.05) is 24.3 Å². The lowest BCUT2D eigenvalue weighted by Gasteiger charge is -2.31. The molecule has 11 nitrogen and oxygen atoms in total. The van der Waals surface area contributed by atoms with Gasteiger partial charge in [-0.25, -0.2) is 8.78 Å². The van der Waals surface area contributed by atoms with Crippen molar-refractivity contribution in [3.05, 3.63) is 126 Å². The van der Waals surface area contributed by atoms with Gasteiger partial charge in [0.15, 0.2) is 11.5 Å². The quantitative estimate of drug-likeness (QED) is 0.219. The zero-order chi connectivity index (χ0) is 32.3. The maximum atomic E-state index is 14.3. The van der Waals surface area contributed by atoms with Crippen LogP contribution in [-0.4, -0.2) is 48.7 Å². The van der Waals surface area contributed by atoms with Crippen LogP contribution >= 0.6 is 0 Å². The Kier molecular flexibility index (Phi) is 8.00. The van der Waals surface area contributed by atoms with Crippen molar-refractivity contribution in [2.75, 3.05) is 6.79 Å². The molecule has 0 bridgehead atoms. The van der Waals surface area contributed by atoms with Gasteiger partial charge < -0.3 is 24.7 Å². The zero-order valence-electron chi connectivity index (χ0n) is 24.8. The zero-order valence-corrected chi connectivity index (χ0v) is 24.8. The number of carbonyl (C=O) groups is 2. The lowest BCUT2D eigenvalue weighted by molar-refractivity contribution is -0.142. The number of amides is 2. The monoisotopic (exact) mass is 635 g/mol. The molecule has 13 heteroatoms. The van der Waals surface area contributed by atoms with Crippen molar-refractivity contribution >= 4 is 22.7 Å². The summed E-state index contributed by atoms with van der Waals surface area (Å²) < 4.78 is 38.0. The molecule has 1 atom stereocenters. The highest BCUT2D eigenvalue weighted by molar-refractivity contribution is 5.94. The molecule has 0 spiro atoms. The standard InChI is InChI=1S/C34H27F2N7O4/c35-24-10-5-21(6-11-24)16-38-34(45)32(27-17-37-28-4-2-1-3-26(27)28)42(18-22-7-14-29-30(15-22)47-20-46-29)31(44)19-43-40-33(39-41-43)23-8-12-25(36)13-9-23/h1-15,17,32,37H,16,18-20H2,(H,38,45). The number of aromatic amines is 1. The van der Waals surface area contributed by atoms with Crippen LogP contribution in [0.3, 0.4) is 0 Å². The van der Waals surface area contributed by atoms with E-state index in [-0.39, 0.29) is 38.1 Å². The molecule has 6 aromatic rings. The number of nitrogens with zero attached hydrogens (tertiary/aromatic N) is 5. The van der Waals surface area contributed by atoms with E-state index >= 15 is 0 Å². The number of benzene rings is 4. The number of carbonyl (C=O) groups excluding carboxylic acids is 2. The van der Waals surface area contributed by atoms with Gasteiger partial charge in [-0.15, -0.1) is 10.2 Å². The third-order valence-electron chi connectivity index (χ3n) is 7.80. The van der Waals surface area contributed by atoms with E-state index in [1.165, 1.54) is 41.3 Å². The van der Waals surface area contributed by atoms with E-state index in [0.717, 1.165) is 15.7 Å². The minimum atomic E-state index is -1.11. The number of hydrogen-bond acceptors (Lipinski definition) is 7. The molecular formula is C34H27F2N7O4. The number of H-pyrrole nitrogens is 1. The Hall–Kier alpha value is -6.11. The summed E-state index contributed by atoms with van der Waals surface area (Å²) in [7, 11) is 0. The van der Waals surface area contributed by atoms with E-state index in [0.29, 0.717) is 33.8 Å². The van der Waals surface area contributed by atoms with Crippen LogP contribution in [0.2, 0.25) is 0 Å². The van der Waals surface area contributed by atoms with Crippen molar-refractivity contribution in [1.29, 1.82) is 0 Å². The number of aromatic nitrogens is 5. The van der Waals surface area contributed by atoms with E-state index in [9.17, 15) is 18.4 Å². The van der Waals surface area contributed by atoms with Crippen LogP contribution in [0.15, 0.2) is 97.2 Å². The summed E-state index contributed by atoms with van der Waals surface area (Å²) in [5.74, 6) is -0.397. The summed E-state index contributed by atoms with van der Waals surface area (Å²) in [6.07, 6.45) is 1.72. The van der Waals surface area contributed by atoms with Gasteiger partial charge in [-0.2, -0.15) is 4.80 Å². The fourth-order valence-corrected chi connectivity index (χ4v) is 5.45. The molecule has 0 saturated heterocycles. The molecule has 7 rings (SSSR count). The van der Waals surface area contributed by atoms with Crippen molar-refractivity contribution in [2.45, 2.75) is 25.7 Å². The first-order valence-electron chi connectivity index (χ1n) is 14.7. The van der Waals surface area contributed by atoms with Gasteiger partial charge in [0.05, 0.1) is 0 Å². The molecular weight excluding hydrogens is 608 g/mol. The molecule has 236 valence electrons. The number of ether oxygens (including phenoxy) is 2. The van der Waals surface area contributed by atoms with Crippen LogP contribution in [0, 0.1) is 11.6 Å². The maximum absolute atomic E-state index is 14.3. The number of para-hydroxylation sites is 1. The highest BCUT2D eigenvalue weighted by Crippen LogP contribution is 2.35. The number of nitrogens with one attached hydrogen (secondary N) is 2. The molecule has 2 amide bonds. The average molecular weight is 636 g/mol. The van der Waals surface area contributed by atoms with E-state index in [4.69, 9.17) is 9.47 Å². The molecule has 0 fully saturated rings. The fraction of sp³-hybridized carbons (Fsp3) is 0.147. The molecule has 3 heterocycles. The first-order valence-corrected chi connectivity index (χ1v) is 14.7. The van der Waals surface area contributed by atoms with Gasteiger partial charge in [0.1, 0.15) is 24.2 Å². The number of hydrogen-bond donors (Lipinski definition) is 2. The Balaban J connectivity index is 1.25. The van der Waals surface area contributed by atoms with Crippen molar-refractivity contribution in [1.82, 2.24) is 35.4 Å². The first-order chi connectivity index (χ1) is 22.9. The van der Waals surface area contributed by atoms with Crippen molar-refractivity contribution in [2.24, 2.45) is 0 Å². The lowest BCUT2D eigenvalue weighted by atomic mass is 10.0. The van der Waals surface area contributed by atoms with E-state index in [1.54, 1.807) is 36.5 Å². The van der Waals surface area contributed by atoms with Gasteiger partial charge >= 0.3 is 0 Å². The Morgan fingerprint density at radius 2 is 1.64 bits per heavy atom.